The van der Waals surface area contributed by atoms with Gasteiger partial charge in [0.15, 0.2) is 8.32 Å². The van der Waals surface area contributed by atoms with Crippen molar-refractivity contribution in [1.82, 2.24) is 0 Å². The van der Waals surface area contributed by atoms with Crippen molar-refractivity contribution in [1.29, 1.82) is 0 Å². The van der Waals surface area contributed by atoms with E-state index in [1.165, 1.54) is 57.8 Å². The molecule has 0 heterocycles. The molecule has 5 rings (SSSR count). The predicted molar refractivity (Wildman–Crippen MR) is 153 cm³/mol. The first kappa shape index (κ1) is 26.5. The van der Waals surface area contributed by atoms with Gasteiger partial charge in [-0.2, -0.15) is 0 Å². The minimum Gasteiger partial charge on any atom is -0.414 e. The van der Waals surface area contributed by atoms with Crippen molar-refractivity contribution in [2.24, 2.45) is 63.6 Å². The lowest BCUT2D eigenvalue weighted by molar-refractivity contribution is -0.0583. The smallest absolute Gasteiger partial charge is 0.184 e. The average Bonchev–Trinajstić information content (AvgIpc) is 3.33. The number of hydrogen-bond acceptors (Lipinski definition) is 1. The van der Waals surface area contributed by atoms with Gasteiger partial charge < -0.3 is 4.43 Å². The van der Waals surface area contributed by atoms with E-state index in [-0.39, 0.29) is 0 Å². The van der Waals surface area contributed by atoms with E-state index in [1.807, 2.05) is 0 Å². The minimum absolute atomic E-state index is 0.453. The van der Waals surface area contributed by atoms with Crippen molar-refractivity contribution in [2.75, 3.05) is 0 Å². The molecule has 1 nitrogen and oxygen atoms in total. The van der Waals surface area contributed by atoms with Gasteiger partial charge in [0.25, 0.3) is 0 Å². The third-order valence-electron chi connectivity index (χ3n) is 13.3. The molecule has 0 bridgehead atoms. The Kier molecular flexibility index (Phi) is 6.61. The summed E-state index contributed by atoms with van der Waals surface area (Å²) in [5, 5.41) is 0. The average molecular weight is 499 g/mol. The summed E-state index contributed by atoms with van der Waals surface area (Å²) in [6.07, 6.45) is 16.0. The first-order valence-corrected chi connectivity index (χ1v) is 19.0. The fraction of sp³-hybridized carbons (Fsp3) is 0.939. The van der Waals surface area contributed by atoms with Crippen LogP contribution in [0, 0.1) is 63.6 Å². The van der Waals surface area contributed by atoms with Crippen LogP contribution in [-0.2, 0) is 4.43 Å². The van der Waals surface area contributed by atoms with Crippen LogP contribution in [0.3, 0.4) is 0 Å². The van der Waals surface area contributed by atoms with Gasteiger partial charge in [-0.25, -0.2) is 0 Å². The highest BCUT2D eigenvalue weighted by Crippen LogP contribution is 2.71. The lowest BCUT2D eigenvalue weighted by Gasteiger charge is -2.58. The molecule has 5 aliphatic rings. The zero-order chi connectivity index (χ0) is 25.6. The summed E-state index contributed by atoms with van der Waals surface area (Å²) in [7, 11) is -1.46. The Morgan fingerprint density at radius 1 is 0.886 bits per heavy atom. The summed E-state index contributed by atoms with van der Waals surface area (Å²) in [5.41, 5.74) is 3.43. The summed E-state index contributed by atoms with van der Waals surface area (Å²) in [6.45, 7) is 25.2. The summed E-state index contributed by atoms with van der Waals surface area (Å²) < 4.78 is 6.61. The minimum atomic E-state index is -1.46. The van der Waals surface area contributed by atoms with E-state index in [4.69, 9.17) is 4.43 Å². The fourth-order valence-corrected chi connectivity index (χ4v) is 12.1. The van der Waals surface area contributed by atoms with Gasteiger partial charge in [0.1, 0.15) is 0 Å². The highest BCUT2D eigenvalue weighted by molar-refractivity contribution is 6.69. The maximum atomic E-state index is 6.61. The van der Waals surface area contributed by atoms with E-state index >= 15 is 0 Å². The second kappa shape index (κ2) is 8.72. The SMILES string of the molecule is CC(C)C(C)[C@@]1(C)C[C@@H]1[C@@H](C)[C@H]1CC[C@H]2[C@@H]3CC=C4CC(O[Si](C)(C)C)CC[C@]4(C)[C@H]3CC[C@]12C. The molecule has 0 spiro atoms. The number of hydrogen-bond donors (Lipinski definition) is 0. The third kappa shape index (κ3) is 4.27. The molecule has 11 atom stereocenters. The molecule has 0 amide bonds. The summed E-state index contributed by atoms with van der Waals surface area (Å²) in [5.74, 6) is 7.34. The second-order valence-electron chi connectivity index (χ2n) is 16.3. The predicted octanol–water partition coefficient (Wildman–Crippen LogP) is 9.74. The highest BCUT2D eigenvalue weighted by Gasteiger charge is 2.63. The Morgan fingerprint density at radius 3 is 2.26 bits per heavy atom. The van der Waals surface area contributed by atoms with Crippen LogP contribution >= 0.6 is 0 Å². The van der Waals surface area contributed by atoms with Gasteiger partial charge in [0.05, 0.1) is 0 Å². The van der Waals surface area contributed by atoms with Crippen LogP contribution in [0.4, 0.5) is 0 Å². The molecule has 0 N–H and O–H groups in total. The van der Waals surface area contributed by atoms with Crippen LogP contribution in [0.2, 0.25) is 19.6 Å². The van der Waals surface area contributed by atoms with E-state index in [1.54, 1.807) is 5.57 Å². The Hall–Kier alpha value is -0.0831. The van der Waals surface area contributed by atoms with Crippen molar-refractivity contribution in [2.45, 2.75) is 132 Å². The lowest BCUT2D eigenvalue weighted by atomic mass is 9.47. The molecular formula is C33H58OSi. The molecule has 0 aromatic carbocycles. The van der Waals surface area contributed by atoms with Crippen LogP contribution in [0.1, 0.15) is 106 Å². The van der Waals surface area contributed by atoms with Gasteiger partial charge in [0.2, 0.25) is 0 Å². The first-order valence-electron chi connectivity index (χ1n) is 15.6. The van der Waals surface area contributed by atoms with E-state index < -0.39 is 8.32 Å². The number of allylic oxidation sites excluding steroid dienone is 1. The Bertz CT molecular complexity index is 839. The Morgan fingerprint density at radius 2 is 1.60 bits per heavy atom. The number of rotatable bonds is 6. The van der Waals surface area contributed by atoms with Crippen LogP contribution < -0.4 is 0 Å². The standard InChI is InChI=1S/C33H58OSi/c1-21(2)23(4)33(7)20-30(33)22(3)27-13-14-28-26-12-11-24-19-25(34-35(8,9)10)15-17-31(24,5)29(26)16-18-32(27,28)6/h11,21-23,25-30H,12-20H2,1-10H3/t22-,23?,25?,26-,27+,28-,29-,30+,31-,32+,33+/m0/s1. The van der Waals surface area contributed by atoms with Crippen LogP contribution in [0.5, 0.6) is 0 Å². The van der Waals surface area contributed by atoms with E-state index in [2.05, 4.69) is 74.2 Å². The topological polar surface area (TPSA) is 9.23 Å². The van der Waals surface area contributed by atoms with Gasteiger partial charge in [-0.15, -0.1) is 0 Å². The quantitative estimate of drug-likeness (QED) is 0.261. The van der Waals surface area contributed by atoms with Crippen molar-refractivity contribution in [3.05, 3.63) is 11.6 Å². The maximum absolute atomic E-state index is 6.61. The highest BCUT2D eigenvalue weighted by atomic mass is 28.4. The molecular weight excluding hydrogens is 440 g/mol. The molecule has 2 unspecified atom stereocenters. The van der Waals surface area contributed by atoms with E-state index in [9.17, 15) is 0 Å². The van der Waals surface area contributed by atoms with Crippen LogP contribution in [0.15, 0.2) is 11.6 Å². The molecule has 0 radical (unpaired) electrons. The molecule has 35 heavy (non-hydrogen) atoms. The fourth-order valence-electron chi connectivity index (χ4n) is 10.9. The van der Waals surface area contributed by atoms with Crippen molar-refractivity contribution in [3.8, 4) is 0 Å². The molecule has 2 heteroatoms. The largest absolute Gasteiger partial charge is 0.414 e. The van der Waals surface area contributed by atoms with E-state index in [0.717, 1.165) is 47.3 Å². The zero-order valence-electron chi connectivity index (χ0n) is 25.0. The van der Waals surface area contributed by atoms with Gasteiger partial charge >= 0.3 is 0 Å². The normalized spacial score (nSPS) is 49.1. The van der Waals surface area contributed by atoms with Crippen molar-refractivity contribution in [3.63, 3.8) is 0 Å². The summed E-state index contributed by atoms with van der Waals surface area (Å²) in [6, 6.07) is 0. The molecule has 200 valence electrons. The van der Waals surface area contributed by atoms with Crippen molar-refractivity contribution >= 4 is 8.32 Å². The molecule has 0 aliphatic heterocycles. The van der Waals surface area contributed by atoms with Crippen LogP contribution in [-0.4, -0.2) is 14.4 Å². The van der Waals surface area contributed by atoms with Crippen LogP contribution in [0.25, 0.3) is 0 Å². The maximum Gasteiger partial charge on any atom is 0.184 e. The summed E-state index contributed by atoms with van der Waals surface area (Å²) in [4.78, 5) is 0. The van der Waals surface area contributed by atoms with Gasteiger partial charge in [-0.3, -0.25) is 0 Å². The van der Waals surface area contributed by atoms with Crippen molar-refractivity contribution < 1.29 is 4.43 Å². The third-order valence-corrected chi connectivity index (χ3v) is 14.3. The monoisotopic (exact) mass is 498 g/mol. The second-order valence-corrected chi connectivity index (χ2v) is 20.8. The zero-order valence-corrected chi connectivity index (χ0v) is 26.0. The van der Waals surface area contributed by atoms with Gasteiger partial charge in [-0.1, -0.05) is 60.1 Å². The molecule has 4 fully saturated rings. The molecule has 0 aromatic rings. The molecule has 5 aliphatic carbocycles. The summed E-state index contributed by atoms with van der Waals surface area (Å²) >= 11 is 0. The number of fused-ring (bicyclic) bond motifs is 5. The Balaban J connectivity index is 1.31. The van der Waals surface area contributed by atoms with E-state index in [0.29, 0.717) is 22.3 Å². The molecule has 0 saturated heterocycles. The lowest BCUT2D eigenvalue weighted by Crippen LogP contribution is -2.51. The van der Waals surface area contributed by atoms with Gasteiger partial charge in [-0.05, 0) is 141 Å². The first-order chi connectivity index (χ1) is 16.2. The Labute approximate surface area is 219 Å². The van der Waals surface area contributed by atoms with Gasteiger partial charge in [0, 0.05) is 6.10 Å². The molecule has 4 saturated carbocycles. The molecule has 0 aromatic heterocycles.